The first-order chi connectivity index (χ1) is 61.6. The quantitative estimate of drug-likeness (QED) is 0.0625. The Kier molecular flexibility index (Phi) is 26.0. The van der Waals surface area contributed by atoms with Crippen LogP contribution in [0, 0.1) is 45.3 Å². The van der Waals surface area contributed by atoms with E-state index in [0.717, 1.165) is 126 Å². The summed E-state index contributed by atoms with van der Waals surface area (Å²) in [5.74, 6) is 6.21. The number of pyridine rings is 4. The van der Waals surface area contributed by atoms with Crippen LogP contribution in [-0.4, -0.2) is 163 Å². The maximum atomic E-state index is 13.5. The molecule has 4 saturated heterocycles. The molecule has 13 N–H and O–H groups in total. The van der Waals surface area contributed by atoms with Crippen LogP contribution >= 0.6 is 81.4 Å². The number of hydrogen-bond acceptors (Lipinski definition) is 28. The van der Waals surface area contributed by atoms with E-state index in [1.54, 1.807) is 83.2 Å². The fraction of sp³-hybridized carbons (Fsp3) is 0.560. The van der Waals surface area contributed by atoms with Crippen molar-refractivity contribution in [3.8, 4) is 0 Å². The minimum Gasteiger partial charge on any atom is -0.384 e. The van der Waals surface area contributed by atoms with Gasteiger partial charge in [0.2, 0.25) is 23.8 Å². The summed E-state index contributed by atoms with van der Waals surface area (Å²) < 4.78 is 6.55. The van der Waals surface area contributed by atoms with Gasteiger partial charge in [0.25, 0.3) is 22.2 Å². The Morgan fingerprint density at radius 1 is 0.403 bits per heavy atom. The third-order valence-electron chi connectivity index (χ3n) is 30.6. The van der Waals surface area contributed by atoms with Gasteiger partial charge in [-0.1, -0.05) is 109 Å². The lowest BCUT2D eigenvalue weighted by Gasteiger charge is -2.43. The van der Waals surface area contributed by atoms with Gasteiger partial charge < -0.3 is 59.3 Å². The van der Waals surface area contributed by atoms with E-state index in [9.17, 15) is 19.2 Å². The van der Waals surface area contributed by atoms with Gasteiger partial charge in [0.1, 0.15) is 27.7 Å². The van der Waals surface area contributed by atoms with Crippen LogP contribution in [0.3, 0.4) is 0 Å². The first-order valence-corrected chi connectivity index (χ1v) is 48.2. The number of nitrogens with two attached hydrogens (primary N) is 6. The average Bonchev–Trinajstić information content (AvgIpc) is 1.63. The summed E-state index contributed by atoms with van der Waals surface area (Å²) in [6.07, 6.45) is 22.8. The molecular formula is C91H115Cl6N27O4S. The first-order valence-electron chi connectivity index (χ1n) is 45.1. The van der Waals surface area contributed by atoms with Crippen molar-refractivity contribution >= 4 is 145 Å². The number of halogens is 6. The van der Waals surface area contributed by atoms with Crippen LogP contribution in [0.1, 0.15) is 206 Å². The molecule has 129 heavy (non-hydrogen) atoms. The molecule has 16 heterocycles. The van der Waals surface area contributed by atoms with Crippen LogP contribution in [0.15, 0.2) is 86.9 Å². The molecular weight excluding hydrogens is 1780 g/mol. The molecule has 4 aliphatic carbocycles. The van der Waals surface area contributed by atoms with E-state index in [4.69, 9.17) is 124 Å². The average molecular weight is 1900 g/mol. The highest BCUT2D eigenvalue weighted by Gasteiger charge is 2.52. The number of thioether (sulfide) groups is 1. The molecule has 8 atom stereocenters. The van der Waals surface area contributed by atoms with E-state index >= 15 is 0 Å². The number of fused-ring (bicyclic) bond motifs is 4. The smallest absolute Gasteiger partial charge is 0.265 e. The lowest BCUT2D eigenvalue weighted by Crippen LogP contribution is -2.49. The summed E-state index contributed by atoms with van der Waals surface area (Å²) in [4.78, 5) is 117. The second-order valence-corrected chi connectivity index (χ2v) is 41.4. The van der Waals surface area contributed by atoms with Gasteiger partial charge in [0, 0.05) is 151 Å². The molecule has 0 unspecified atom stereocenters. The summed E-state index contributed by atoms with van der Waals surface area (Å²) >= 11 is 39.2. The lowest BCUT2D eigenvalue weighted by atomic mass is 9.73. The number of aromatic nitrogens is 12. The molecule has 686 valence electrons. The maximum Gasteiger partial charge on any atom is 0.265 e. The van der Waals surface area contributed by atoms with Crippen molar-refractivity contribution in [1.82, 2.24) is 58.1 Å². The van der Waals surface area contributed by atoms with Crippen molar-refractivity contribution in [3.05, 3.63) is 176 Å². The molecule has 38 heteroatoms. The minimum absolute atomic E-state index is 0.0842. The van der Waals surface area contributed by atoms with Crippen molar-refractivity contribution in [2.24, 2.45) is 116 Å². The minimum atomic E-state index is -0.157. The monoisotopic (exact) mass is 1890 g/mol. The summed E-state index contributed by atoms with van der Waals surface area (Å²) in [6, 6.07) is 8.13. The molecule has 8 aromatic heterocycles. The van der Waals surface area contributed by atoms with Crippen molar-refractivity contribution in [2.45, 2.75) is 206 Å². The molecule has 4 spiro atoms. The number of aliphatic imine (C=N–C) groups is 4. The van der Waals surface area contributed by atoms with Gasteiger partial charge in [-0.05, 0) is 186 Å². The Labute approximate surface area is 784 Å². The van der Waals surface area contributed by atoms with Crippen LogP contribution in [-0.2, 0) is 54.4 Å². The maximum absolute atomic E-state index is 13.5. The zero-order chi connectivity index (χ0) is 91.5. The van der Waals surface area contributed by atoms with Crippen LogP contribution in [0.2, 0.25) is 30.4 Å². The fourth-order valence-electron chi connectivity index (χ4n) is 22.4. The molecule has 31 nitrogen and oxygen atoms in total. The summed E-state index contributed by atoms with van der Waals surface area (Å²) in [7, 11) is 7.12. The second-order valence-electron chi connectivity index (χ2n) is 38.2. The van der Waals surface area contributed by atoms with Gasteiger partial charge in [-0.3, -0.25) is 57.4 Å². The van der Waals surface area contributed by atoms with E-state index < -0.39 is 0 Å². The van der Waals surface area contributed by atoms with Crippen molar-refractivity contribution in [2.75, 3.05) is 88.7 Å². The van der Waals surface area contributed by atoms with Gasteiger partial charge in [0.15, 0.2) is 5.15 Å². The SMILES string of the molecule is CC(C)Nc1nccc(C2=NCc3nc(N4CCC5(CC[C@@H](C)[C@H]5N)CC4)n(C)c(=O)c32)c1Cl.C[C@@H]1CCC2(CCN(c3nc4c(c(=O)n3C)C(Sc3ccnc(N)c3Cl)=NC4)CC2)[C@@H]1N.C[C@@H]1CCC2(CCN(c3nc4c(c(=O)n3C)C(c3cc(N)nc(Cl)c3Cl)=NC4)CC2)[C@@H]1N.C[C@@H]1CCC2(CCN(c3nc4c(c(=O)n3C)C(c3ccnc(Cl)c3Cl)=NC4)CC2)[C@@H]1N. The van der Waals surface area contributed by atoms with Gasteiger partial charge in [-0.15, -0.1) is 0 Å². The Morgan fingerprint density at radius 3 is 1.09 bits per heavy atom. The number of anilines is 7. The van der Waals surface area contributed by atoms with E-state index in [1.165, 1.54) is 63.1 Å². The lowest BCUT2D eigenvalue weighted by molar-refractivity contribution is 0.185. The molecule has 8 aromatic rings. The van der Waals surface area contributed by atoms with Crippen LogP contribution in [0.5, 0.6) is 0 Å². The highest BCUT2D eigenvalue weighted by Crippen LogP contribution is 2.53. The van der Waals surface area contributed by atoms with E-state index in [1.807, 2.05) is 19.9 Å². The molecule has 0 aromatic carbocycles. The number of hydrogen-bond donors (Lipinski definition) is 7. The number of nitrogens with one attached hydrogen (secondary N) is 1. The molecule has 8 fully saturated rings. The van der Waals surface area contributed by atoms with Gasteiger partial charge >= 0.3 is 0 Å². The highest BCUT2D eigenvalue weighted by atomic mass is 35.5. The zero-order valence-electron chi connectivity index (χ0n) is 74.8. The number of rotatable bonds is 10. The van der Waals surface area contributed by atoms with E-state index in [0.29, 0.717) is 161 Å². The predicted octanol–water partition coefficient (Wildman–Crippen LogP) is 12.1. The molecule has 12 aliphatic rings. The van der Waals surface area contributed by atoms with Gasteiger partial charge in [-0.25, -0.2) is 39.9 Å². The van der Waals surface area contributed by atoms with E-state index in [-0.39, 0.29) is 101 Å². The van der Waals surface area contributed by atoms with Crippen molar-refractivity contribution < 1.29 is 0 Å². The second kappa shape index (κ2) is 36.4. The van der Waals surface area contributed by atoms with E-state index in [2.05, 4.69) is 92.5 Å². The standard InChI is InChI=1S/C25H34ClN7O.C22H27Cl2N7O.C22H26Cl2N6O.C22H28ClN7OS/c1-14(2)30-22-19(26)16(6-10-28-22)20-18-17(13-29-20)31-24(32(4)23(18)34)33-11-8-25(9-12-33)7-5-15(3)21(25)27;1-11-3-4-22(18(11)26)5-7-31(8-6-22)21-28-13-10-27-17(15(13)20(32)30(21)2)12-9-14(25)29-19(24)16(12)23;1-12-3-5-22(18(12)25)6-9-30(10-7-22)21-28-14-11-27-17(15(14)20(31)29(21)2)13-4-8-26-19(24)16(13)23;1-12-3-5-22(17(12)24)6-9-30(10-7-22)21-28-13-11-27-19(15(13)20(31)29(21)2)32-14-4-8-26-18(25)16(14)23/h6,10,14-15,21H,5,7-9,11-13,27H2,1-4H3,(H,28,30);9,11,18H,3-8,10,26H2,1-2H3,(H2,25,29);4,8,12,18H,3,5-7,9-11,25H2,1-2H3;4,8,12,17H,3,5-7,9-11,24H2,1-2H3,(H2,25,26)/t15-,21-;11-,18-;12-,18-;12-,17-/m1111/s1. The number of nitrogen functional groups attached to an aromatic ring is 2. The fourth-order valence-corrected chi connectivity index (χ4v) is 24.6. The normalized spacial score (nSPS) is 24.1. The predicted molar refractivity (Wildman–Crippen MR) is 518 cm³/mol. The Morgan fingerprint density at radius 2 is 0.729 bits per heavy atom. The topological polar surface area (TPSA) is 422 Å². The third-order valence-corrected chi connectivity index (χ3v) is 34.1. The third kappa shape index (κ3) is 16.7. The number of nitrogens with zero attached hydrogens (tertiary/aromatic N) is 20. The molecule has 4 saturated carbocycles. The Hall–Kier alpha value is -8.67. The largest absolute Gasteiger partial charge is 0.384 e. The summed E-state index contributed by atoms with van der Waals surface area (Å²) in [5, 5.41) is 5.51. The summed E-state index contributed by atoms with van der Waals surface area (Å²) in [5.41, 5.74) is 46.6. The molecule has 0 amide bonds. The summed E-state index contributed by atoms with van der Waals surface area (Å²) in [6.45, 7) is 21.4. The van der Waals surface area contributed by atoms with Gasteiger partial charge in [-0.2, -0.15) is 0 Å². The molecule has 0 radical (unpaired) electrons. The zero-order valence-corrected chi connectivity index (χ0v) is 80.1. The Balaban J connectivity index is 0.000000121. The van der Waals surface area contributed by atoms with Crippen LogP contribution in [0.4, 0.5) is 41.2 Å². The Bertz CT molecular complexity index is 6140. The van der Waals surface area contributed by atoms with Crippen LogP contribution < -0.4 is 81.6 Å². The van der Waals surface area contributed by atoms with Crippen LogP contribution in [0.25, 0.3) is 0 Å². The molecule has 20 rings (SSSR count). The number of piperidine rings is 4. The van der Waals surface area contributed by atoms with Gasteiger partial charge in [0.05, 0.1) is 108 Å². The highest BCUT2D eigenvalue weighted by molar-refractivity contribution is 8.14. The molecule has 8 aliphatic heterocycles. The molecule has 0 bridgehead atoms. The van der Waals surface area contributed by atoms with Crippen molar-refractivity contribution in [3.63, 3.8) is 0 Å². The van der Waals surface area contributed by atoms with Crippen molar-refractivity contribution in [1.29, 1.82) is 0 Å². The first kappa shape index (κ1) is 92.2.